The molecule has 1 amide bonds. The highest BCUT2D eigenvalue weighted by molar-refractivity contribution is 7.99. The number of nitrogens with one attached hydrogen (secondary N) is 1. The van der Waals surface area contributed by atoms with Gasteiger partial charge in [-0.1, -0.05) is 48.2 Å². The van der Waals surface area contributed by atoms with Crippen LogP contribution in [-0.4, -0.2) is 31.3 Å². The van der Waals surface area contributed by atoms with Crippen LogP contribution in [0.4, 0.5) is 11.4 Å². The number of aromatic nitrogens is 3. The second kappa shape index (κ2) is 9.70. The molecule has 2 aromatic carbocycles. The average molecular weight is 464 g/mol. The molecule has 2 aromatic heterocycles. The van der Waals surface area contributed by atoms with E-state index in [1.165, 1.54) is 23.9 Å². The average Bonchev–Trinajstić information content (AvgIpc) is 3.40. The van der Waals surface area contributed by atoms with Crippen LogP contribution in [0.25, 0.3) is 11.4 Å². The lowest BCUT2D eigenvalue weighted by Crippen LogP contribution is -2.15. The standard InChI is InChI=1S/C23H21N5O4S/c1-15-8-9-18(28(30)31)12-20(15)24-21(29)14-33-23-26-25-22(19-10-11-32-16(19)2)27(23)13-17-6-4-3-5-7-17/h3-12H,13-14H2,1-2H3,(H,24,29). The molecule has 0 aliphatic carbocycles. The highest BCUT2D eigenvalue weighted by Gasteiger charge is 2.19. The van der Waals surface area contributed by atoms with Gasteiger partial charge in [-0.15, -0.1) is 10.2 Å². The molecule has 1 N–H and O–H groups in total. The molecule has 0 aliphatic rings. The van der Waals surface area contributed by atoms with Crippen LogP contribution in [0.15, 0.2) is 70.4 Å². The number of nitro benzene ring substituents is 1. The number of carbonyl (C=O) groups is 1. The summed E-state index contributed by atoms with van der Waals surface area (Å²) in [6, 6.07) is 16.1. The number of non-ortho nitro benzene ring substituents is 1. The van der Waals surface area contributed by atoms with E-state index in [4.69, 9.17) is 4.42 Å². The number of nitrogens with zero attached hydrogens (tertiary/aromatic N) is 4. The van der Waals surface area contributed by atoms with Crippen molar-refractivity contribution in [3.8, 4) is 11.4 Å². The van der Waals surface area contributed by atoms with Gasteiger partial charge in [0.05, 0.1) is 34.7 Å². The zero-order valence-electron chi connectivity index (χ0n) is 18.0. The van der Waals surface area contributed by atoms with Crippen LogP contribution in [0.1, 0.15) is 16.9 Å². The van der Waals surface area contributed by atoms with Crippen molar-refractivity contribution in [1.29, 1.82) is 0 Å². The summed E-state index contributed by atoms with van der Waals surface area (Å²) in [5.41, 5.74) is 2.98. The molecule has 4 aromatic rings. The Morgan fingerprint density at radius 3 is 2.64 bits per heavy atom. The Morgan fingerprint density at radius 1 is 1.15 bits per heavy atom. The molecule has 0 spiro atoms. The van der Waals surface area contributed by atoms with E-state index in [1.54, 1.807) is 19.3 Å². The quantitative estimate of drug-likeness (QED) is 0.226. The first kappa shape index (κ1) is 22.3. The van der Waals surface area contributed by atoms with E-state index in [0.717, 1.165) is 22.5 Å². The van der Waals surface area contributed by atoms with Gasteiger partial charge in [-0.25, -0.2) is 0 Å². The van der Waals surface area contributed by atoms with E-state index in [2.05, 4.69) is 15.5 Å². The largest absolute Gasteiger partial charge is 0.469 e. The van der Waals surface area contributed by atoms with E-state index in [1.807, 2.05) is 47.9 Å². The third-order valence-electron chi connectivity index (χ3n) is 5.04. The van der Waals surface area contributed by atoms with Crippen LogP contribution in [0.5, 0.6) is 0 Å². The third-order valence-corrected chi connectivity index (χ3v) is 6.01. The summed E-state index contributed by atoms with van der Waals surface area (Å²) in [7, 11) is 0. The molecule has 0 radical (unpaired) electrons. The topological polar surface area (TPSA) is 116 Å². The van der Waals surface area contributed by atoms with Gasteiger partial charge in [0.1, 0.15) is 5.76 Å². The lowest BCUT2D eigenvalue weighted by Gasteiger charge is -2.11. The number of hydrogen-bond donors (Lipinski definition) is 1. The molecule has 0 fully saturated rings. The first-order chi connectivity index (χ1) is 15.9. The van der Waals surface area contributed by atoms with Gasteiger partial charge in [0.15, 0.2) is 11.0 Å². The zero-order chi connectivity index (χ0) is 23.4. The molecule has 4 rings (SSSR count). The second-order valence-electron chi connectivity index (χ2n) is 7.36. The van der Waals surface area contributed by atoms with Gasteiger partial charge >= 0.3 is 0 Å². The SMILES string of the molecule is Cc1ccc([N+](=O)[O-])cc1NC(=O)CSc1nnc(-c2ccoc2C)n1Cc1ccccc1. The molecular weight excluding hydrogens is 442 g/mol. The first-order valence-corrected chi connectivity index (χ1v) is 11.1. The van der Waals surface area contributed by atoms with Crippen molar-refractivity contribution < 1.29 is 14.1 Å². The summed E-state index contributed by atoms with van der Waals surface area (Å²) in [5, 5.41) is 23.0. The molecule has 0 unspecified atom stereocenters. The predicted octanol–water partition coefficient (Wildman–Crippen LogP) is 4.84. The van der Waals surface area contributed by atoms with E-state index >= 15 is 0 Å². The smallest absolute Gasteiger partial charge is 0.271 e. The van der Waals surface area contributed by atoms with Gasteiger partial charge in [0, 0.05) is 12.1 Å². The maximum absolute atomic E-state index is 12.6. The summed E-state index contributed by atoms with van der Waals surface area (Å²) in [4.78, 5) is 23.1. The van der Waals surface area contributed by atoms with E-state index in [-0.39, 0.29) is 17.3 Å². The number of benzene rings is 2. The number of furan rings is 1. The van der Waals surface area contributed by atoms with Crippen LogP contribution in [0, 0.1) is 24.0 Å². The van der Waals surface area contributed by atoms with Crippen molar-refractivity contribution in [2.45, 2.75) is 25.5 Å². The van der Waals surface area contributed by atoms with Crippen molar-refractivity contribution in [1.82, 2.24) is 14.8 Å². The molecule has 33 heavy (non-hydrogen) atoms. The molecule has 9 nitrogen and oxygen atoms in total. The highest BCUT2D eigenvalue weighted by Crippen LogP contribution is 2.28. The molecule has 0 bridgehead atoms. The Labute approximate surface area is 194 Å². The molecule has 0 saturated heterocycles. The minimum atomic E-state index is -0.491. The minimum absolute atomic E-state index is 0.0689. The van der Waals surface area contributed by atoms with Crippen LogP contribution in [-0.2, 0) is 11.3 Å². The van der Waals surface area contributed by atoms with Gasteiger partial charge in [0.25, 0.3) is 5.69 Å². The summed E-state index contributed by atoms with van der Waals surface area (Å²) in [6.07, 6.45) is 1.61. The van der Waals surface area contributed by atoms with Gasteiger partial charge in [-0.3, -0.25) is 19.5 Å². The number of carbonyl (C=O) groups excluding carboxylic acids is 1. The monoisotopic (exact) mass is 463 g/mol. The van der Waals surface area contributed by atoms with Crippen molar-refractivity contribution in [3.63, 3.8) is 0 Å². The number of aryl methyl sites for hydroxylation is 2. The maximum Gasteiger partial charge on any atom is 0.271 e. The molecular formula is C23H21N5O4S. The lowest BCUT2D eigenvalue weighted by molar-refractivity contribution is -0.384. The molecule has 10 heteroatoms. The fourth-order valence-electron chi connectivity index (χ4n) is 3.29. The Kier molecular flexibility index (Phi) is 6.55. The Balaban J connectivity index is 1.54. The van der Waals surface area contributed by atoms with Gasteiger partial charge in [-0.2, -0.15) is 0 Å². The fraction of sp³-hybridized carbons (Fsp3) is 0.174. The van der Waals surface area contributed by atoms with Crippen LogP contribution in [0.3, 0.4) is 0 Å². The molecule has 168 valence electrons. The number of rotatable bonds is 8. The second-order valence-corrected chi connectivity index (χ2v) is 8.30. The molecule has 2 heterocycles. The number of amides is 1. The van der Waals surface area contributed by atoms with E-state index in [9.17, 15) is 14.9 Å². The van der Waals surface area contributed by atoms with Crippen LogP contribution in [0.2, 0.25) is 0 Å². The summed E-state index contributed by atoms with van der Waals surface area (Å²) >= 11 is 1.25. The summed E-state index contributed by atoms with van der Waals surface area (Å²) in [5.74, 6) is 1.16. The molecule has 0 atom stereocenters. The van der Waals surface area contributed by atoms with Crippen molar-refractivity contribution >= 4 is 29.0 Å². The number of anilines is 1. The van der Waals surface area contributed by atoms with E-state index in [0.29, 0.717) is 23.2 Å². The fourth-order valence-corrected chi connectivity index (χ4v) is 4.03. The van der Waals surface area contributed by atoms with Gasteiger partial charge in [-0.05, 0) is 31.0 Å². The van der Waals surface area contributed by atoms with Crippen molar-refractivity contribution in [2.24, 2.45) is 0 Å². The number of nitro groups is 1. The summed E-state index contributed by atoms with van der Waals surface area (Å²) < 4.78 is 7.38. The third kappa shape index (κ3) is 5.12. The Hall–Kier alpha value is -3.92. The van der Waals surface area contributed by atoms with Gasteiger partial charge in [0.2, 0.25) is 5.91 Å². The Morgan fingerprint density at radius 2 is 1.94 bits per heavy atom. The summed E-state index contributed by atoms with van der Waals surface area (Å²) in [6.45, 7) is 4.17. The minimum Gasteiger partial charge on any atom is -0.469 e. The normalized spacial score (nSPS) is 10.8. The number of thioether (sulfide) groups is 1. The van der Waals surface area contributed by atoms with Crippen molar-refractivity contribution in [3.05, 3.63) is 87.9 Å². The molecule has 0 aliphatic heterocycles. The highest BCUT2D eigenvalue weighted by atomic mass is 32.2. The maximum atomic E-state index is 12.6. The number of hydrogen-bond acceptors (Lipinski definition) is 7. The first-order valence-electron chi connectivity index (χ1n) is 10.1. The van der Waals surface area contributed by atoms with Gasteiger partial charge < -0.3 is 9.73 Å². The predicted molar refractivity (Wildman–Crippen MR) is 125 cm³/mol. The molecule has 0 saturated carbocycles. The van der Waals surface area contributed by atoms with Crippen LogP contribution >= 0.6 is 11.8 Å². The van der Waals surface area contributed by atoms with E-state index < -0.39 is 4.92 Å². The Bertz CT molecular complexity index is 1300. The van der Waals surface area contributed by atoms with Crippen LogP contribution < -0.4 is 5.32 Å². The lowest BCUT2D eigenvalue weighted by atomic mass is 10.2. The van der Waals surface area contributed by atoms with Crippen molar-refractivity contribution in [2.75, 3.05) is 11.1 Å². The zero-order valence-corrected chi connectivity index (χ0v) is 18.8.